The maximum atomic E-state index is 9.75. The number of pyridine rings is 3. The molecule has 0 saturated carbocycles. The van der Waals surface area contributed by atoms with Crippen LogP contribution in [-0.2, 0) is 0 Å². The van der Waals surface area contributed by atoms with Gasteiger partial charge < -0.3 is 21.1 Å². The van der Waals surface area contributed by atoms with Gasteiger partial charge in [0.05, 0.1) is 22.9 Å². The van der Waals surface area contributed by atoms with Crippen molar-refractivity contribution in [2.24, 2.45) is 5.73 Å². The zero-order valence-electron chi connectivity index (χ0n) is 18.0. The van der Waals surface area contributed by atoms with Crippen LogP contribution >= 0.6 is 11.3 Å². The van der Waals surface area contributed by atoms with Gasteiger partial charge in [0.2, 0.25) is 0 Å². The van der Waals surface area contributed by atoms with Gasteiger partial charge in [-0.2, -0.15) is 0 Å². The van der Waals surface area contributed by atoms with Gasteiger partial charge in [-0.3, -0.25) is 4.98 Å². The number of nitrogens with one attached hydrogen (secondary N) is 1. The maximum Gasteiger partial charge on any atom is 0.143 e. The summed E-state index contributed by atoms with van der Waals surface area (Å²) >= 11 is 1.58. The largest absolute Gasteiger partial charge is 0.394 e. The third-order valence-electron chi connectivity index (χ3n) is 5.74. The molecule has 0 spiro atoms. The third-order valence-corrected chi connectivity index (χ3v) is 6.76. The molecular formula is C23H25N7OS. The molecule has 0 unspecified atom stereocenters. The van der Waals surface area contributed by atoms with Crippen LogP contribution in [0.2, 0.25) is 0 Å². The highest BCUT2D eigenvalue weighted by molar-refractivity contribution is 7.21. The molecule has 1 fully saturated rings. The normalized spacial score (nSPS) is 18.4. The van der Waals surface area contributed by atoms with Crippen LogP contribution in [0.3, 0.4) is 0 Å². The van der Waals surface area contributed by atoms with E-state index in [9.17, 15) is 5.11 Å². The van der Waals surface area contributed by atoms with Crippen molar-refractivity contribution < 1.29 is 5.11 Å². The molecule has 1 saturated heterocycles. The Balaban J connectivity index is 1.43. The van der Waals surface area contributed by atoms with Crippen LogP contribution in [0.1, 0.15) is 17.5 Å². The minimum absolute atomic E-state index is 0.00981. The number of thiazole rings is 1. The fourth-order valence-corrected chi connectivity index (χ4v) is 5.09. The van der Waals surface area contributed by atoms with Crippen molar-refractivity contribution in [3.63, 3.8) is 0 Å². The molecule has 0 amide bonds. The quantitative estimate of drug-likeness (QED) is 0.427. The first-order valence-electron chi connectivity index (χ1n) is 10.6. The molecule has 4 aromatic rings. The molecule has 0 bridgehead atoms. The molecule has 0 aliphatic carbocycles. The van der Waals surface area contributed by atoms with Gasteiger partial charge in [-0.25, -0.2) is 15.0 Å². The second-order valence-electron chi connectivity index (χ2n) is 8.17. The lowest BCUT2D eigenvalue weighted by Crippen LogP contribution is -2.34. The molecule has 0 radical (unpaired) electrons. The number of rotatable bonds is 5. The van der Waals surface area contributed by atoms with Gasteiger partial charge in [0.15, 0.2) is 0 Å². The van der Waals surface area contributed by atoms with E-state index >= 15 is 0 Å². The van der Waals surface area contributed by atoms with Crippen molar-refractivity contribution in [1.29, 1.82) is 0 Å². The smallest absolute Gasteiger partial charge is 0.143 e. The topological polar surface area (TPSA) is 113 Å². The lowest BCUT2D eigenvalue weighted by atomic mass is 10.2. The van der Waals surface area contributed by atoms with Crippen molar-refractivity contribution in [2.75, 3.05) is 23.4 Å². The summed E-state index contributed by atoms with van der Waals surface area (Å²) in [4.78, 5) is 20.7. The standard InChI is InChI=1S/C23H25N7OS/c1-13-4-3-7-25-21(13)23-27-17-9-20(26-10-18(17)32-23)28-19-6-5-14(2)22(29-19)30-11-15(24)8-16(30)12-31/h3-7,9-10,15-16,31H,8,11-12,24H2,1-2H3,(H,26,28,29)/t15-,16-/m1/s1. The van der Waals surface area contributed by atoms with Crippen molar-refractivity contribution in [2.45, 2.75) is 32.4 Å². The first-order valence-corrected chi connectivity index (χ1v) is 11.4. The summed E-state index contributed by atoms with van der Waals surface area (Å²) in [5.41, 5.74) is 10.0. The zero-order valence-corrected chi connectivity index (χ0v) is 18.8. The predicted octanol–water partition coefficient (Wildman–Crippen LogP) is 3.41. The van der Waals surface area contributed by atoms with Crippen LogP contribution in [0.25, 0.3) is 20.9 Å². The Bertz CT molecular complexity index is 1270. The number of hydrogen-bond donors (Lipinski definition) is 3. The molecule has 0 aromatic carbocycles. The predicted molar refractivity (Wildman–Crippen MR) is 128 cm³/mol. The lowest BCUT2D eigenvalue weighted by molar-refractivity contribution is 0.265. The van der Waals surface area contributed by atoms with E-state index in [4.69, 9.17) is 15.7 Å². The number of aliphatic hydroxyl groups is 1. The fourth-order valence-electron chi connectivity index (χ4n) is 4.11. The van der Waals surface area contributed by atoms with Crippen LogP contribution in [0.15, 0.2) is 42.7 Å². The summed E-state index contributed by atoms with van der Waals surface area (Å²) in [5.74, 6) is 2.20. The molecule has 1 aliphatic heterocycles. The Labute approximate surface area is 190 Å². The van der Waals surface area contributed by atoms with Gasteiger partial charge in [-0.1, -0.05) is 12.1 Å². The SMILES string of the molecule is Cc1cccnc1-c1nc2cc(Nc3ccc(C)c(N4C[C@H](N)C[C@@H]4CO)n3)ncc2s1. The molecule has 4 aromatic heterocycles. The zero-order chi connectivity index (χ0) is 22.2. The molecule has 164 valence electrons. The lowest BCUT2D eigenvalue weighted by Gasteiger charge is -2.26. The van der Waals surface area contributed by atoms with Gasteiger partial charge in [-0.15, -0.1) is 11.3 Å². The average molecular weight is 448 g/mol. The van der Waals surface area contributed by atoms with Gasteiger partial charge in [-0.05, 0) is 43.5 Å². The van der Waals surface area contributed by atoms with E-state index in [1.807, 2.05) is 50.4 Å². The summed E-state index contributed by atoms with van der Waals surface area (Å²) in [5, 5.41) is 13.9. The molecule has 2 atom stereocenters. The number of anilines is 3. The molecular weight excluding hydrogens is 422 g/mol. The molecule has 9 heteroatoms. The number of nitrogens with two attached hydrogens (primary N) is 1. The average Bonchev–Trinajstić information content (AvgIpc) is 3.38. The van der Waals surface area contributed by atoms with E-state index in [0.29, 0.717) is 18.2 Å². The number of aryl methyl sites for hydroxylation is 2. The van der Waals surface area contributed by atoms with Crippen LogP contribution in [-0.4, -0.2) is 50.3 Å². The van der Waals surface area contributed by atoms with Gasteiger partial charge in [0, 0.05) is 31.0 Å². The van der Waals surface area contributed by atoms with E-state index in [1.54, 1.807) is 17.5 Å². The van der Waals surface area contributed by atoms with E-state index in [2.05, 4.69) is 20.2 Å². The molecule has 32 heavy (non-hydrogen) atoms. The highest BCUT2D eigenvalue weighted by Gasteiger charge is 2.31. The first kappa shape index (κ1) is 20.7. The summed E-state index contributed by atoms with van der Waals surface area (Å²) in [6.45, 7) is 4.80. The minimum Gasteiger partial charge on any atom is -0.394 e. The van der Waals surface area contributed by atoms with E-state index in [-0.39, 0.29) is 18.7 Å². The number of fused-ring (bicyclic) bond motifs is 1. The van der Waals surface area contributed by atoms with E-state index in [0.717, 1.165) is 44.3 Å². The van der Waals surface area contributed by atoms with Gasteiger partial charge in [0.25, 0.3) is 0 Å². The summed E-state index contributed by atoms with van der Waals surface area (Å²) in [6.07, 6.45) is 4.37. The molecule has 5 rings (SSSR count). The summed E-state index contributed by atoms with van der Waals surface area (Å²) in [7, 11) is 0. The highest BCUT2D eigenvalue weighted by atomic mass is 32.1. The summed E-state index contributed by atoms with van der Waals surface area (Å²) in [6, 6.07) is 9.87. The number of aromatic nitrogens is 4. The van der Waals surface area contributed by atoms with Crippen molar-refractivity contribution in [3.8, 4) is 10.7 Å². The minimum atomic E-state index is -0.00981. The Kier molecular flexibility index (Phi) is 5.46. The van der Waals surface area contributed by atoms with Crippen molar-refractivity contribution in [1.82, 2.24) is 19.9 Å². The molecule has 8 nitrogen and oxygen atoms in total. The molecule has 4 N–H and O–H groups in total. The Morgan fingerprint density at radius 2 is 2.03 bits per heavy atom. The highest BCUT2D eigenvalue weighted by Crippen LogP contribution is 2.32. The second-order valence-corrected chi connectivity index (χ2v) is 9.20. The van der Waals surface area contributed by atoms with Crippen molar-refractivity contribution in [3.05, 3.63) is 53.9 Å². The summed E-state index contributed by atoms with van der Waals surface area (Å²) < 4.78 is 1.00. The van der Waals surface area contributed by atoms with Crippen LogP contribution in [0.4, 0.5) is 17.5 Å². The Morgan fingerprint density at radius 3 is 2.84 bits per heavy atom. The van der Waals surface area contributed by atoms with Crippen LogP contribution < -0.4 is 16.0 Å². The first-order chi connectivity index (χ1) is 15.5. The van der Waals surface area contributed by atoms with E-state index < -0.39 is 0 Å². The fraction of sp³-hybridized carbons (Fsp3) is 0.304. The molecule has 1 aliphatic rings. The molecule has 5 heterocycles. The van der Waals surface area contributed by atoms with Gasteiger partial charge in [0.1, 0.15) is 28.2 Å². The third kappa shape index (κ3) is 3.90. The monoisotopic (exact) mass is 447 g/mol. The number of aliphatic hydroxyl groups excluding tert-OH is 1. The maximum absolute atomic E-state index is 9.75. The second kappa shape index (κ2) is 8.42. The Hall–Kier alpha value is -3.14. The number of nitrogens with zero attached hydrogens (tertiary/aromatic N) is 5. The Morgan fingerprint density at radius 1 is 1.16 bits per heavy atom. The van der Waals surface area contributed by atoms with Gasteiger partial charge >= 0.3 is 0 Å². The van der Waals surface area contributed by atoms with Crippen LogP contribution in [0.5, 0.6) is 0 Å². The van der Waals surface area contributed by atoms with Crippen molar-refractivity contribution >= 4 is 39.0 Å². The van der Waals surface area contributed by atoms with Crippen LogP contribution in [0, 0.1) is 13.8 Å². The number of hydrogen-bond acceptors (Lipinski definition) is 9. The van der Waals surface area contributed by atoms with E-state index in [1.165, 1.54) is 0 Å².